The highest BCUT2D eigenvalue weighted by atomic mass is 16.1. The Morgan fingerprint density at radius 2 is 2.46 bits per heavy atom. The minimum Gasteiger partial charge on any atom is -0.358 e. The van der Waals surface area contributed by atoms with E-state index in [-0.39, 0.29) is 5.91 Å². The number of nitrogens with zero attached hydrogens (tertiary/aromatic N) is 1. The molecule has 2 rings (SSSR count). The molecule has 0 radical (unpaired) electrons. The van der Waals surface area contributed by atoms with Gasteiger partial charge >= 0.3 is 0 Å². The fourth-order valence-corrected chi connectivity index (χ4v) is 2.35. The lowest BCUT2D eigenvalue weighted by Crippen LogP contribution is -2.36. The molecule has 74 valence electrons. The summed E-state index contributed by atoms with van der Waals surface area (Å²) in [6.45, 7) is 3.84. The first-order valence-electron chi connectivity index (χ1n) is 4.96. The van der Waals surface area contributed by atoms with E-state index >= 15 is 0 Å². The smallest absolute Gasteiger partial charge is 0.233 e. The van der Waals surface area contributed by atoms with Crippen molar-refractivity contribution in [3.8, 4) is 0 Å². The second-order valence-electron chi connectivity index (χ2n) is 3.98. The van der Waals surface area contributed by atoms with Crippen molar-refractivity contribution >= 4 is 5.91 Å². The van der Waals surface area contributed by atoms with Crippen molar-refractivity contribution in [1.82, 2.24) is 15.5 Å². The molecule has 0 bridgehead atoms. The first-order valence-corrected chi connectivity index (χ1v) is 4.96. The molecule has 0 unspecified atom stereocenters. The number of hydrogen-bond acceptors (Lipinski definition) is 3. The Morgan fingerprint density at radius 1 is 1.62 bits per heavy atom. The number of fused-ring (bicyclic) bond motifs is 1. The van der Waals surface area contributed by atoms with Gasteiger partial charge in [0.2, 0.25) is 5.91 Å². The van der Waals surface area contributed by atoms with Crippen LogP contribution in [0.5, 0.6) is 0 Å². The standard InChI is InChI=1S/C9H17N3O/c1-10-9(13)6-12-4-7-2-3-11-8(7)5-12/h7-8,11H,2-6H2,1H3,(H,10,13)/t7-,8+/m0/s1. The van der Waals surface area contributed by atoms with E-state index in [1.165, 1.54) is 6.42 Å². The Hall–Kier alpha value is -0.610. The predicted octanol–water partition coefficient (Wildman–Crippen LogP) is -0.974. The molecule has 2 aliphatic heterocycles. The summed E-state index contributed by atoms with van der Waals surface area (Å²) >= 11 is 0. The van der Waals surface area contributed by atoms with Gasteiger partial charge in [0.15, 0.2) is 0 Å². The van der Waals surface area contributed by atoms with E-state index in [9.17, 15) is 4.79 Å². The molecular formula is C9H17N3O. The van der Waals surface area contributed by atoms with Gasteiger partial charge in [-0.2, -0.15) is 0 Å². The summed E-state index contributed by atoms with van der Waals surface area (Å²) in [4.78, 5) is 13.4. The van der Waals surface area contributed by atoms with Gasteiger partial charge < -0.3 is 10.6 Å². The van der Waals surface area contributed by atoms with E-state index in [1.807, 2.05) is 0 Å². The summed E-state index contributed by atoms with van der Waals surface area (Å²) in [6, 6.07) is 0.643. The summed E-state index contributed by atoms with van der Waals surface area (Å²) in [5.41, 5.74) is 0. The number of amides is 1. The van der Waals surface area contributed by atoms with Crippen molar-refractivity contribution in [2.45, 2.75) is 12.5 Å². The van der Waals surface area contributed by atoms with Gasteiger partial charge in [-0.25, -0.2) is 0 Å². The molecule has 2 atom stereocenters. The summed E-state index contributed by atoms with van der Waals surface area (Å²) < 4.78 is 0. The molecular weight excluding hydrogens is 166 g/mol. The molecule has 2 aliphatic rings. The topological polar surface area (TPSA) is 44.4 Å². The van der Waals surface area contributed by atoms with Crippen molar-refractivity contribution in [3.05, 3.63) is 0 Å². The van der Waals surface area contributed by atoms with Gasteiger partial charge in [0.25, 0.3) is 0 Å². The molecule has 2 N–H and O–H groups in total. The lowest BCUT2D eigenvalue weighted by Gasteiger charge is -2.14. The minimum atomic E-state index is 0.125. The van der Waals surface area contributed by atoms with Crippen LogP contribution in [0.25, 0.3) is 0 Å². The predicted molar refractivity (Wildman–Crippen MR) is 50.4 cm³/mol. The number of likely N-dealkylation sites (tertiary alicyclic amines) is 1. The number of rotatable bonds is 2. The Labute approximate surface area is 78.7 Å². The number of nitrogens with one attached hydrogen (secondary N) is 2. The van der Waals surface area contributed by atoms with E-state index in [0.29, 0.717) is 12.6 Å². The SMILES string of the molecule is CNC(=O)CN1C[C@@H]2CCN[C@@H]2C1. The van der Waals surface area contributed by atoms with Crippen LogP contribution in [0.15, 0.2) is 0 Å². The minimum absolute atomic E-state index is 0.125. The normalized spacial score (nSPS) is 33.3. The van der Waals surface area contributed by atoms with Crippen LogP contribution < -0.4 is 10.6 Å². The summed E-state index contributed by atoms with van der Waals surface area (Å²) in [5.74, 6) is 0.907. The van der Waals surface area contributed by atoms with Crippen LogP contribution in [0.3, 0.4) is 0 Å². The van der Waals surface area contributed by atoms with Gasteiger partial charge in [-0.05, 0) is 18.9 Å². The van der Waals surface area contributed by atoms with Crippen molar-refractivity contribution in [2.24, 2.45) is 5.92 Å². The fourth-order valence-electron chi connectivity index (χ4n) is 2.35. The third kappa shape index (κ3) is 1.84. The summed E-state index contributed by atoms with van der Waals surface area (Å²) in [6.07, 6.45) is 1.27. The molecule has 0 aromatic rings. The highest BCUT2D eigenvalue weighted by Gasteiger charge is 2.36. The Morgan fingerprint density at radius 3 is 3.15 bits per heavy atom. The monoisotopic (exact) mass is 183 g/mol. The van der Waals surface area contributed by atoms with Crippen LogP contribution in [-0.4, -0.2) is 50.1 Å². The van der Waals surface area contributed by atoms with Gasteiger partial charge in [-0.3, -0.25) is 9.69 Å². The molecule has 0 aromatic carbocycles. The fraction of sp³-hybridized carbons (Fsp3) is 0.889. The number of carbonyl (C=O) groups excluding carboxylic acids is 1. The van der Waals surface area contributed by atoms with Crippen molar-refractivity contribution in [1.29, 1.82) is 0 Å². The quantitative estimate of drug-likeness (QED) is 0.579. The van der Waals surface area contributed by atoms with Crippen LogP contribution in [0.1, 0.15) is 6.42 Å². The lowest BCUT2D eigenvalue weighted by molar-refractivity contribution is -0.121. The van der Waals surface area contributed by atoms with Gasteiger partial charge in [0.1, 0.15) is 0 Å². The number of carbonyl (C=O) groups is 1. The molecule has 2 fully saturated rings. The van der Waals surface area contributed by atoms with Crippen molar-refractivity contribution in [2.75, 3.05) is 33.2 Å². The van der Waals surface area contributed by atoms with Gasteiger partial charge in [-0.1, -0.05) is 0 Å². The molecule has 13 heavy (non-hydrogen) atoms. The molecule has 1 amide bonds. The van der Waals surface area contributed by atoms with Gasteiger partial charge in [0.05, 0.1) is 6.54 Å². The van der Waals surface area contributed by atoms with E-state index in [2.05, 4.69) is 15.5 Å². The lowest BCUT2D eigenvalue weighted by atomic mass is 10.1. The zero-order valence-corrected chi connectivity index (χ0v) is 8.05. The highest BCUT2D eigenvalue weighted by molar-refractivity contribution is 5.77. The average molecular weight is 183 g/mol. The van der Waals surface area contributed by atoms with Crippen LogP contribution in [0.2, 0.25) is 0 Å². The molecule has 4 nitrogen and oxygen atoms in total. The number of likely N-dealkylation sites (N-methyl/N-ethyl adjacent to an activating group) is 1. The third-order valence-corrected chi connectivity index (χ3v) is 3.08. The molecule has 0 saturated carbocycles. The zero-order valence-electron chi connectivity index (χ0n) is 8.05. The second kappa shape index (κ2) is 3.64. The second-order valence-corrected chi connectivity index (χ2v) is 3.98. The first-order chi connectivity index (χ1) is 6.29. The summed E-state index contributed by atoms with van der Waals surface area (Å²) in [7, 11) is 1.69. The molecule has 0 spiro atoms. The van der Waals surface area contributed by atoms with Gasteiger partial charge in [-0.15, -0.1) is 0 Å². The maximum absolute atomic E-state index is 11.1. The molecule has 2 saturated heterocycles. The third-order valence-electron chi connectivity index (χ3n) is 3.08. The van der Waals surface area contributed by atoms with Gasteiger partial charge in [0, 0.05) is 26.2 Å². The van der Waals surface area contributed by atoms with E-state index in [4.69, 9.17) is 0 Å². The van der Waals surface area contributed by atoms with E-state index in [0.717, 1.165) is 25.6 Å². The Kier molecular flexibility index (Phi) is 2.51. The largest absolute Gasteiger partial charge is 0.358 e. The highest BCUT2D eigenvalue weighted by Crippen LogP contribution is 2.23. The van der Waals surface area contributed by atoms with Crippen LogP contribution in [0, 0.1) is 5.92 Å². The van der Waals surface area contributed by atoms with Crippen molar-refractivity contribution < 1.29 is 4.79 Å². The van der Waals surface area contributed by atoms with Crippen LogP contribution >= 0.6 is 0 Å². The van der Waals surface area contributed by atoms with Crippen molar-refractivity contribution in [3.63, 3.8) is 0 Å². The van der Waals surface area contributed by atoms with E-state index in [1.54, 1.807) is 7.05 Å². The Bertz CT molecular complexity index is 195. The maximum atomic E-state index is 11.1. The van der Waals surface area contributed by atoms with Crippen LogP contribution in [0.4, 0.5) is 0 Å². The molecule has 0 aliphatic carbocycles. The average Bonchev–Trinajstić information content (AvgIpc) is 2.63. The van der Waals surface area contributed by atoms with Crippen LogP contribution in [-0.2, 0) is 4.79 Å². The molecule has 4 heteroatoms. The molecule has 2 heterocycles. The zero-order chi connectivity index (χ0) is 9.26. The van der Waals surface area contributed by atoms with E-state index < -0.39 is 0 Å². The molecule has 0 aromatic heterocycles. The summed E-state index contributed by atoms with van der Waals surface area (Å²) in [5, 5.41) is 6.12. The Balaban J connectivity index is 1.82. The maximum Gasteiger partial charge on any atom is 0.233 e. The number of hydrogen-bond donors (Lipinski definition) is 2. The first kappa shape index (κ1) is 8.97.